The zero-order valence-electron chi connectivity index (χ0n) is 16.4. The van der Waals surface area contributed by atoms with Crippen molar-refractivity contribution < 1.29 is 9.53 Å². The monoisotopic (exact) mass is 394 g/mol. The normalized spacial score (nSPS) is 19.8. The van der Waals surface area contributed by atoms with Gasteiger partial charge >= 0.3 is 0 Å². The highest BCUT2D eigenvalue weighted by molar-refractivity contribution is 6.00. The molecule has 0 unspecified atom stereocenters. The lowest BCUT2D eigenvalue weighted by Gasteiger charge is -2.34. The fourth-order valence-electron chi connectivity index (χ4n) is 4.38. The molecule has 0 atom stereocenters. The number of hydrogen-bond acceptors (Lipinski definition) is 7. The molecule has 1 aliphatic carbocycles. The van der Waals surface area contributed by atoms with E-state index in [1.165, 1.54) is 18.5 Å². The highest BCUT2D eigenvalue weighted by Gasteiger charge is 2.31. The second-order valence-electron chi connectivity index (χ2n) is 7.82. The maximum absolute atomic E-state index is 12.1. The molecule has 1 aromatic heterocycles. The Balaban J connectivity index is 1.34. The minimum atomic E-state index is 0.00686. The predicted molar refractivity (Wildman–Crippen MR) is 113 cm³/mol. The van der Waals surface area contributed by atoms with Crippen LogP contribution in [-0.4, -0.2) is 54.8 Å². The molecule has 1 saturated carbocycles. The molecule has 0 radical (unpaired) electrons. The zero-order chi connectivity index (χ0) is 19.6. The van der Waals surface area contributed by atoms with Gasteiger partial charge in [-0.25, -0.2) is 4.98 Å². The summed E-state index contributed by atoms with van der Waals surface area (Å²) in [5.41, 5.74) is 2.83. The third-order valence-corrected chi connectivity index (χ3v) is 5.89. The molecule has 2 aromatic rings. The van der Waals surface area contributed by atoms with E-state index in [1.807, 2.05) is 12.1 Å². The van der Waals surface area contributed by atoms with Crippen molar-refractivity contribution in [3.05, 3.63) is 30.5 Å². The molecule has 3 aliphatic rings. The summed E-state index contributed by atoms with van der Waals surface area (Å²) in [6.45, 7) is 3.75. The van der Waals surface area contributed by atoms with Crippen molar-refractivity contribution in [2.45, 2.75) is 31.7 Å². The Morgan fingerprint density at radius 2 is 1.86 bits per heavy atom. The van der Waals surface area contributed by atoms with Gasteiger partial charge in [-0.2, -0.15) is 4.98 Å². The van der Waals surface area contributed by atoms with Crippen LogP contribution in [0.2, 0.25) is 0 Å². The summed E-state index contributed by atoms with van der Waals surface area (Å²) >= 11 is 0. The number of nitrogens with zero attached hydrogens (tertiary/aromatic N) is 4. The van der Waals surface area contributed by atoms with Crippen molar-refractivity contribution in [2.24, 2.45) is 0 Å². The van der Waals surface area contributed by atoms with Crippen LogP contribution in [0.4, 0.5) is 28.8 Å². The summed E-state index contributed by atoms with van der Waals surface area (Å²) in [6.07, 6.45) is 6.35. The van der Waals surface area contributed by atoms with Crippen LogP contribution in [0, 0.1) is 0 Å². The maximum Gasteiger partial charge on any atom is 0.244 e. The fourth-order valence-corrected chi connectivity index (χ4v) is 4.38. The summed E-state index contributed by atoms with van der Waals surface area (Å²) in [5, 5.41) is 6.20. The lowest BCUT2D eigenvalue weighted by Crippen LogP contribution is -2.44. The van der Waals surface area contributed by atoms with Crippen LogP contribution in [-0.2, 0) is 9.53 Å². The van der Waals surface area contributed by atoms with Crippen molar-refractivity contribution >= 4 is 34.7 Å². The van der Waals surface area contributed by atoms with Gasteiger partial charge in [-0.15, -0.1) is 0 Å². The number of nitrogens with one attached hydrogen (secondary N) is 2. The molecule has 2 aliphatic heterocycles. The first kappa shape index (κ1) is 18.2. The lowest BCUT2D eigenvalue weighted by molar-refractivity contribution is -0.115. The first-order chi connectivity index (χ1) is 14.3. The molecular formula is C21H26N6O2. The minimum Gasteiger partial charge on any atom is -0.378 e. The Labute approximate surface area is 170 Å². The summed E-state index contributed by atoms with van der Waals surface area (Å²) in [4.78, 5) is 25.7. The molecule has 5 rings (SSSR count). The standard InChI is InChI=1S/C21H26N6O2/c28-19-14-27(17-3-1-2-4-17)20-18(24-19)13-22-21(25-20)23-15-5-7-16(8-6-15)26-9-11-29-12-10-26/h5-8,13,17H,1-4,9-12,14H2,(H,24,28)(H,22,23,25). The van der Waals surface area contributed by atoms with Crippen LogP contribution in [0.5, 0.6) is 0 Å². The number of aromatic nitrogens is 2. The smallest absolute Gasteiger partial charge is 0.244 e. The minimum absolute atomic E-state index is 0.00686. The maximum atomic E-state index is 12.1. The van der Waals surface area contributed by atoms with Crippen LogP contribution in [0.25, 0.3) is 0 Å². The molecule has 3 heterocycles. The molecule has 0 bridgehead atoms. The van der Waals surface area contributed by atoms with Gasteiger partial charge < -0.3 is 25.2 Å². The van der Waals surface area contributed by atoms with Gasteiger partial charge in [0.05, 0.1) is 26.0 Å². The molecule has 2 N–H and O–H groups in total. The third kappa shape index (κ3) is 3.85. The second-order valence-corrected chi connectivity index (χ2v) is 7.82. The number of carbonyl (C=O) groups excluding carboxylic acids is 1. The van der Waals surface area contributed by atoms with Gasteiger partial charge in [0.2, 0.25) is 11.9 Å². The van der Waals surface area contributed by atoms with Crippen molar-refractivity contribution in [3.63, 3.8) is 0 Å². The van der Waals surface area contributed by atoms with E-state index in [9.17, 15) is 4.79 Å². The first-order valence-electron chi connectivity index (χ1n) is 10.4. The van der Waals surface area contributed by atoms with E-state index in [1.54, 1.807) is 6.20 Å². The number of rotatable bonds is 4. The van der Waals surface area contributed by atoms with Crippen molar-refractivity contribution in [2.75, 3.05) is 53.3 Å². The molecule has 1 aromatic carbocycles. The fraction of sp³-hybridized carbons (Fsp3) is 0.476. The van der Waals surface area contributed by atoms with Crippen molar-refractivity contribution in [1.29, 1.82) is 0 Å². The summed E-state index contributed by atoms with van der Waals surface area (Å²) in [5.74, 6) is 1.37. The van der Waals surface area contributed by atoms with Gasteiger partial charge in [-0.05, 0) is 37.1 Å². The van der Waals surface area contributed by atoms with Crippen LogP contribution in [0.1, 0.15) is 25.7 Å². The second kappa shape index (κ2) is 7.87. The lowest BCUT2D eigenvalue weighted by atomic mass is 10.2. The molecule has 152 valence electrons. The predicted octanol–water partition coefficient (Wildman–Crippen LogP) is 2.76. The number of fused-ring (bicyclic) bond motifs is 1. The molecule has 29 heavy (non-hydrogen) atoms. The molecule has 0 spiro atoms. The van der Waals surface area contributed by atoms with E-state index >= 15 is 0 Å². The Hall–Kier alpha value is -2.87. The van der Waals surface area contributed by atoms with E-state index in [0.717, 1.165) is 50.7 Å². The Morgan fingerprint density at radius 1 is 1.10 bits per heavy atom. The Bertz CT molecular complexity index is 875. The average molecular weight is 394 g/mol. The Kier molecular flexibility index (Phi) is 4.93. The highest BCUT2D eigenvalue weighted by Crippen LogP contribution is 2.34. The molecular weight excluding hydrogens is 368 g/mol. The third-order valence-electron chi connectivity index (χ3n) is 5.89. The number of benzene rings is 1. The average Bonchev–Trinajstić information content (AvgIpc) is 3.29. The summed E-state index contributed by atoms with van der Waals surface area (Å²) in [7, 11) is 0. The van der Waals surface area contributed by atoms with Gasteiger partial charge in [0.25, 0.3) is 0 Å². The topological polar surface area (TPSA) is 82.6 Å². The van der Waals surface area contributed by atoms with Crippen molar-refractivity contribution in [1.82, 2.24) is 9.97 Å². The van der Waals surface area contributed by atoms with Gasteiger partial charge in [-0.3, -0.25) is 4.79 Å². The van der Waals surface area contributed by atoms with Gasteiger partial charge in [0.1, 0.15) is 5.69 Å². The zero-order valence-corrected chi connectivity index (χ0v) is 16.4. The molecule has 2 fully saturated rings. The molecule has 8 heteroatoms. The van der Waals surface area contributed by atoms with E-state index < -0.39 is 0 Å². The van der Waals surface area contributed by atoms with Crippen LogP contribution < -0.4 is 20.4 Å². The van der Waals surface area contributed by atoms with E-state index in [4.69, 9.17) is 9.72 Å². The first-order valence-corrected chi connectivity index (χ1v) is 10.4. The molecule has 1 saturated heterocycles. The van der Waals surface area contributed by atoms with Crippen LogP contribution in [0.3, 0.4) is 0 Å². The van der Waals surface area contributed by atoms with E-state index in [-0.39, 0.29) is 5.91 Å². The molecule has 1 amide bonds. The number of ether oxygens (including phenoxy) is 1. The van der Waals surface area contributed by atoms with Gasteiger partial charge in [0, 0.05) is 30.5 Å². The summed E-state index contributed by atoms with van der Waals surface area (Å²) in [6, 6.07) is 8.69. The van der Waals surface area contributed by atoms with Crippen LogP contribution >= 0.6 is 0 Å². The number of amides is 1. The van der Waals surface area contributed by atoms with Crippen molar-refractivity contribution in [3.8, 4) is 0 Å². The largest absolute Gasteiger partial charge is 0.378 e. The number of carbonyl (C=O) groups is 1. The SMILES string of the molecule is O=C1CN(C2CCCC2)c2nc(Nc3ccc(N4CCOCC4)cc3)ncc2N1. The molecule has 8 nitrogen and oxygen atoms in total. The quantitative estimate of drug-likeness (QED) is 0.825. The Morgan fingerprint density at radius 3 is 2.62 bits per heavy atom. The van der Waals surface area contributed by atoms with Crippen LogP contribution in [0.15, 0.2) is 30.5 Å². The van der Waals surface area contributed by atoms with E-state index in [0.29, 0.717) is 24.2 Å². The van der Waals surface area contributed by atoms with E-state index in [2.05, 4.69) is 37.6 Å². The summed E-state index contributed by atoms with van der Waals surface area (Å²) < 4.78 is 5.42. The van der Waals surface area contributed by atoms with Gasteiger partial charge in [-0.1, -0.05) is 12.8 Å². The number of hydrogen-bond donors (Lipinski definition) is 2. The highest BCUT2D eigenvalue weighted by atomic mass is 16.5. The van der Waals surface area contributed by atoms with Gasteiger partial charge in [0.15, 0.2) is 5.82 Å². The number of morpholine rings is 1. The number of anilines is 5.